The summed E-state index contributed by atoms with van der Waals surface area (Å²) in [5.41, 5.74) is 0.689. The molecule has 2 aromatic rings. The van der Waals surface area contributed by atoms with Gasteiger partial charge in [0.1, 0.15) is 11.7 Å². The van der Waals surface area contributed by atoms with E-state index in [9.17, 15) is 18.0 Å². The molecule has 226 valence electrons. The van der Waals surface area contributed by atoms with E-state index < -0.39 is 56.5 Å². The summed E-state index contributed by atoms with van der Waals surface area (Å²) in [6, 6.07) is 12.8. The Morgan fingerprint density at radius 3 is 2.20 bits per heavy atom. The van der Waals surface area contributed by atoms with Gasteiger partial charge in [0.05, 0.1) is 23.1 Å². The highest BCUT2D eigenvalue weighted by molar-refractivity contribution is 7.92. The summed E-state index contributed by atoms with van der Waals surface area (Å²) >= 11 is 12.6. The smallest absolute Gasteiger partial charge is 0.407 e. The van der Waals surface area contributed by atoms with Crippen LogP contribution in [0.5, 0.6) is 0 Å². The number of hydrogen-bond acceptors (Lipinski definition) is 6. The third-order valence-corrected chi connectivity index (χ3v) is 10.0. The highest BCUT2D eigenvalue weighted by Crippen LogP contribution is 2.44. The number of hydrogen-bond donors (Lipinski definition) is 1. The Balaban J connectivity index is 2.14. The summed E-state index contributed by atoms with van der Waals surface area (Å²) in [5.74, 6) is -0.674. The quantitative estimate of drug-likeness (QED) is 0.358. The van der Waals surface area contributed by atoms with Crippen LogP contribution in [0.3, 0.4) is 0 Å². The van der Waals surface area contributed by atoms with Crippen LogP contribution in [0, 0.1) is 0 Å². The lowest BCUT2D eigenvalue weighted by Crippen LogP contribution is -2.59. The molecule has 41 heavy (non-hydrogen) atoms. The number of rotatable bonds is 8. The van der Waals surface area contributed by atoms with E-state index in [2.05, 4.69) is 5.32 Å². The van der Waals surface area contributed by atoms with Crippen molar-refractivity contribution in [3.8, 4) is 0 Å². The number of halogens is 2. The normalized spacial score (nSPS) is 21.0. The van der Waals surface area contributed by atoms with Gasteiger partial charge in [-0.1, -0.05) is 54.4 Å². The van der Waals surface area contributed by atoms with Crippen LogP contribution >= 0.6 is 23.2 Å². The molecule has 0 radical (unpaired) electrons. The first-order valence-corrected chi connectivity index (χ1v) is 16.0. The molecule has 4 atom stereocenters. The van der Waals surface area contributed by atoms with E-state index in [1.165, 1.54) is 0 Å². The van der Waals surface area contributed by atoms with Gasteiger partial charge >= 0.3 is 6.09 Å². The molecule has 1 fully saturated rings. The van der Waals surface area contributed by atoms with Crippen LogP contribution in [-0.4, -0.2) is 60.1 Å². The zero-order chi connectivity index (χ0) is 30.8. The second kappa shape index (κ2) is 12.9. The van der Waals surface area contributed by atoms with E-state index in [0.717, 1.165) is 5.56 Å². The Hall–Kier alpha value is -2.33. The average Bonchev–Trinajstić information content (AvgIpc) is 2.85. The summed E-state index contributed by atoms with van der Waals surface area (Å²) in [5, 5.41) is 3.64. The highest BCUT2D eigenvalue weighted by atomic mass is 35.5. The molecule has 2 amide bonds. The van der Waals surface area contributed by atoms with Gasteiger partial charge in [-0.25, -0.2) is 13.2 Å². The Bertz CT molecular complexity index is 1340. The molecule has 0 bridgehead atoms. The zero-order valence-electron chi connectivity index (χ0n) is 24.6. The van der Waals surface area contributed by atoms with Crippen molar-refractivity contribution in [2.75, 3.05) is 12.3 Å². The van der Waals surface area contributed by atoms with E-state index in [-0.39, 0.29) is 12.3 Å². The lowest BCUT2D eigenvalue weighted by Gasteiger charge is -2.48. The number of morpholine rings is 1. The molecule has 3 rings (SSSR count). The maximum Gasteiger partial charge on any atom is 0.407 e. The predicted octanol–water partition coefficient (Wildman–Crippen LogP) is 6.52. The first kappa shape index (κ1) is 33.2. The first-order chi connectivity index (χ1) is 18.9. The predicted molar refractivity (Wildman–Crippen MR) is 162 cm³/mol. The highest BCUT2D eigenvalue weighted by Gasteiger charge is 2.48. The maximum absolute atomic E-state index is 14.2. The van der Waals surface area contributed by atoms with Crippen LogP contribution in [0.2, 0.25) is 10.0 Å². The molecule has 0 spiro atoms. The van der Waals surface area contributed by atoms with Crippen molar-refractivity contribution in [1.82, 2.24) is 10.2 Å². The molecule has 8 nitrogen and oxygen atoms in total. The number of ether oxygens (including phenoxy) is 2. The van der Waals surface area contributed by atoms with E-state index in [4.69, 9.17) is 32.7 Å². The largest absolute Gasteiger partial charge is 0.444 e. The monoisotopic (exact) mass is 626 g/mol. The average molecular weight is 628 g/mol. The topological polar surface area (TPSA) is 102 Å². The lowest BCUT2D eigenvalue weighted by atomic mass is 9.90. The molecule has 1 saturated heterocycles. The number of carbonyl (C=O) groups excluding carboxylic acids is 2. The number of carbonyl (C=O) groups is 2. The fourth-order valence-electron chi connectivity index (χ4n) is 4.63. The Kier molecular flexibility index (Phi) is 10.4. The van der Waals surface area contributed by atoms with Crippen LogP contribution in [0.1, 0.15) is 78.2 Å². The van der Waals surface area contributed by atoms with Gasteiger partial charge in [0.15, 0.2) is 15.9 Å². The van der Waals surface area contributed by atoms with Gasteiger partial charge in [-0.2, -0.15) is 0 Å². The van der Waals surface area contributed by atoms with E-state index in [0.29, 0.717) is 22.0 Å². The number of sulfone groups is 1. The second-order valence-corrected chi connectivity index (χ2v) is 15.8. The third kappa shape index (κ3) is 8.37. The van der Waals surface area contributed by atoms with Crippen molar-refractivity contribution in [1.29, 1.82) is 0 Å². The van der Waals surface area contributed by atoms with Crippen molar-refractivity contribution in [3.05, 3.63) is 69.7 Å². The molecule has 11 heteroatoms. The number of nitrogens with one attached hydrogen (secondary N) is 1. The first-order valence-electron chi connectivity index (χ1n) is 13.6. The van der Waals surface area contributed by atoms with Crippen LogP contribution in [-0.2, 0) is 24.1 Å². The minimum atomic E-state index is -3.61. The van der Waals surface area contributed by atoms with Crippen molar-refractivity contribution in [2.24, 2.45) is 0 Å². The number of amides is 2. The van der Waals surface area contributed by atoms with Gasteiger partial charge in [0, 0.05) is 16.1 Å². The SMILES string of the molecule is CCC(CS(=O)(=O)C(C)(C)C)N1C(=O)C(CNC(=O)OC(C)(C)C)OC(c2cccc(Cl)c2)C1c1ccc(Cl)cc1. The van der Waals surface area contributed by atoms with Gasteiger partial charge in [0.2, 0.25) is 0 Å². The second-order valence-electron chi connectivity index (χ2n) is 12.2. The van der Waals surface area contributed by atoms with Crippen molar-refractivity contribution < 1.29 is 27.5 Å². The summed E-state index contributed by atoms with van der Waals surface area (Å²) < 4.78 is 37.6. The van der Waals surface area contributed by atoms with Gasteiger partial charge in [-0.05, 0) is 83.4 Å². The minimum Gasteiger partial charge on any atom is -0.444 e. The van der Waals surface area contributed by atoms with Gasteiger partial charge in [0.25, 0.3) is 5.91 Å². The summed E-state index contributed by atoms with van der Waals surface area (Å²) in [7, 11) is -3.61. The molecular formula is C30H40Cl2N2O6S. The Morgan fingerprint density at radius 2 is 1.66 bits per heavy atom. The standard InChI is InChI=1S/C30H40Cl2N2O6S/c1-8-23(18-41(37,38)30(5,6)7)34-25(19-12-14-21(31)15-13-19)26(20-10-9-11-22(32)16-20)39-24(27(34)35)17-33-28(36)40-29(2,3)4/h9-16,23-26H,8,17-18H2,1-7H3,(H,33,36). The fraction of sp³-hybridized carbons (Fsp3) is 0.533. The fourth-order valence-corrected chi connectivity index (χ4v) is 6.36. The maximum atomic E-state index is 14.2. The molecule has 1 heterocycles. The Morgan fingerprint density at radius 1 is 1.02 bits per heavy atom. The number of nitrogens with zero attached hydrogens (tertiary/aromatic N) is 1. The zero-order valence-corrected chi connectivity index (χ0v) is 26.9. The number of benzene rings is 2. The van der Waals surface area contributed by atoms with Gasteiger partial charge in [-0.15, -0.1) is 0 Å². The molecule has 1 N–H and O–H groups in total. The molecule has 1 aliphatic rings. The van der Waals surface area contributed by atoms with Crippen molar-refractivity contribution >= 4 is 45.0 Å². The van der Waals surface area contributed by atoms with E-state index in [1.54, 1.807) is 88.9 Å². The lowest BCUT2D eigenvalue weighted by molar-refractivity contribution is -0.177. The summed E-state index contributed by atoms with van der Waals surface area (Å²) in [6.45, 7) is 11.8. The molecule has 4 unspecified atom stereocenters. The third-order valence-electron chi connectivity index (χ3n) is 6.86. The molecule has 0 saturated carbocycles. The molecule has 0 aliphatic carbocycles. The van der Waals surface area contributed by atoms with Gasteiger partial charge in [-0.3, -0.25) is 4.79 Å². The molecule has 0 aromatic heterocycles. The van der Waals surface area contributed by atoms with Crippen LogP contribution in [0.4, 0.5) is 4.79 Å². The molecule has 1 aliphatic heterocycles. The molecule has 2 aromatic carbocycles. The van der Waals surface area contributed by atoms with Crippen LogP contribution < -0.4 is 5.32 Å². The van der Waals surface area contributed by atoms with E-state index in [1.807, 2.05) is 13.0 Å². The minimum absolute atomic E-state index is 0.170. The van der Waals surface area contributed by atoms with Gasteiger partial charge < -0.3 is 19.7 Å². The van der Waals surface area contributed by atoms with Crippen LogP contribution in [0.15, 0.2) is 48.5 Å². The van der Waals surface area contributed by atoms with Crippen molar-refractivity contribution in [3.63, 3.8) is 0 Å². The van der Waals surface area contributed by atoms with Crippen LogP contribution in [0.25, 0.3) is 0 Å². The summed E-state index contributed by atoms with van der Waals surface area (Å²) in [4.78, 5) is 28.3. The Labute approximate surface area is 253 Å². The van der Waals surface area contributed by atoms with E-state index >= 15 is 0 Å². The number of alkyl carbamates (subject to hydrolysis) is 1. The van der Waals surface area contributed by atoms with Crippen molar-refractivity contribution in [2.45, 2.75) is 89.5 Å². The molecular weight excluding hydrogens is 587 g/mol. The summed E-state index contributed by atoms with van der Waals surface area (Å²) in [6.07, 6.45) is -2.16.